The maximum atomic E-state index is 12.5. The van der Waals surface area contributed by atoms with E-state index in [2.05, 4.69) is 15.2 Å². The Balaban J connectivity index is 1.60. The molecule has 0 saturated carbocycles. The number of hydrogen-bond acceptors (Lipinski definition) is 6. The van der Waals surface area contributed by atoms with E-state index in [0.29, 0.717) is 17.1 Å². The van der Waals surface area contributed by atoms with Crippen LogP contribution in [0.2, 0.25) is 0 Å². The third kappa shape index (κ3) is 3.79. The molecule has 6 nitrogen and oxygen atoms in total. The highest BCUT2D eigenvalue weighted by Gasteiger charge is 2.22. The van der Waals surface area contributed by atoms with E-state index >= 15 is 0 Å². The molecular weight excluding hydrogens is 326 g/mol. The number of nitrogens with one attached hydrogen (secondary N) is 1. The number of benzene rings is 1. The molecule has 1 aliphatic rings. The Labute approximate surface area is 145 Å². The summed E-state index contributed by atoms with van der Waals surface area (Å²) in [6.45, 7) is 1.81. The molecule has 1 fully saturated rings. The summed E-state index contributed by atoms with van der Waals surface area (Å²) in [5.41, 5.74) is 0.550. The van der Waals surface area contributed by atoms with Crippen LogP contribution in [-0.4, -0.2) is 44.2 Å². The lowest BCUT2D eigenvalue weighted by Gasteiger charge is -2.32. The fraction of sp³-hybridized carbons (Fsp3) is 0.412. The van der Waals surface area contributed by atoms with Crippen molar-refractivity contribution in [3.05, 3.63) is 35.3 Å². The van der Waals surface area contributed by atoms with Gasteiger partial charge in [-0.05, 0) is 25.0 Å². The van der Waals surface area contributed by atoms with E-state index in [1.807, 2.05) is 11.6 Å². The van der Waals surface area contributed by atoms with E-state index in [9.17, 15) is 4.79 Å². The highest BCUT2D eigenvalue weighted by molar-refractivity contribution is 7.13. The summed E-state index contributed by atoms with van der Waals surface area (Å²) in [7, 11) is 3.15. The minimum absolute atomic E-state index is 0.0973. The molecule has 128 valence electrons. The second-order valence-electron chi connectivity index (χ2n) is 5.65. The summed E-state index contributed by atoms with van der Waals surface area (Å²) >= 11 is 1.65. The number of carbonyl (C=O) groups is 1. The molecule has 1 aromatic heterocycles. The summed E-state index contributed by atoms with van der Waals surface area (Å²) in [5, 5.41) is 6.15. The lowest BCUT2D eigenvalue weighted by Crippen LogP contribution is -2.44. The number of rotatable bonds is 5. The number of ether oxygens (including phenoxy) is 2. The summed E-state index contributed by atoms with van der Waals surface area (Å²) < 4.78 is 10.4. The molecule has 1 aromatic carbocycles. The first-order valence-corrected chi connectivity index (χ1v) is 8.76. The molecule has 3 rings (SSSR count). The number of carbonyl (C=O) groups excluding carboxylic acids is 1. The van der Waals surface area contributed by atoms with Gasteiger partial charge < -0.3 is 19.7 Å². The van der Waals surface area contributed by atoms with E-state index in [4.69, 9.17) is 9.47 Å². The van der Waals surface area contributed by atoms with Gasteiger partial charge in [-0.3, -0.25) is 4.79 Å². The zero-order valence-electron chi connectivity index (χ0n) is 13.8. The molecular formula is C17H21N3O3S. The lowest BCUT2D eigenvalue weighted by atomic mass is 10.0. The van der Waals surface area contributed by atoms with E-state index in [1.165, 1.54) is 0 Å². The van der Waals surface area contributed by atoms with Gasteiger partial charge in [-0.25, -0.2) is 4.98 Å². The molecule has 0 unspecified atom stereocenters. The van der Waals surface area contributed by atoms with Crippen molar-refractivity contribution in [2.45, 2.75) is 18.9 Å². The minimum atomic E-state index is -0.0973. The summed E-state index contributed by atoms with van der Waals surface area (Å²) in [6.07, 6.45) is 3.64. The summed E-state index contributed by atoms with van der Waals surface area (Å²) in [4.78, 5) is 19.1. The maximum Gasteiger partial charge on any atom is 0.251 e. The van der Waals surface area contributed by atoms with Gasteiger partial charge in [0.05, 0.1) is 14.2 Å². The van der Waals surface area contributed by atoms with E-state index in [-0.39, 0.29) is 11.9 Å². The fourth-order valence-corrected chi connectivity index (χ4v) is 3.49. The quantitative estimate of drug-likeness (QED) is 0.901. The van der Waals surface area contributed by atoms with Crippen molar-refractivity contribution in [1.82, 2.24) is 10.3 Å². The van der Waals surface area contributed by atoms with Crippen molar-refractivity contribution in [2.24, 2.45) is 0 Å². The third-order valence-electron chi connectivity index (χ3n) is 4.13. The second kappa shape index (κ2) is 7.53. The molecule has 2 aromatic rings. The number of amides is 1. The SMILES string of the molecule is COc1cc(OC)cc(C(=O)NC2CCN(c3nccs3)CC2)c1. The van der Waals surface area contributed by atoms with Crippen LogP contribution in [0, 0.1) is 0 Å². The molecule has 0 aliphatic carbocycles. The largest absolute Gasteiger partial charge is 0.497 e. The second-order valence-corrected chi connectivity index (χ2v) is 6.52. The Bertz CT molecular complexity index is 660. The van der Waals surface area contributed by atoms with Crippen molar-refractivity contribution in [3.8, 4) is 11.5 Å². The van der Waals surface area contributed by atoms with E-state index in [1.54, 1.807) is 43.8 Å². The first-order valence-electron chi connectivity index (χ1n) is 7.88. The van der Waals surface area contributed by atoms with Crippen molar-refractivity contribution >= 4 is 22.4 Å². The molecule has 0 atom stereocenters. The smallest absolute Gasteiger partial charge is 0.251 e. The number of hydrogen-bond donors (Lipinski definition) is 1. The number of nitrogens with zero attached hydrogens (tertiary/aromatic N) is 2. The third-order valence-corrected chi connectivity index (χ3v) is 4.97. The van der Waals surface area contributed by atoms with Crippen molar-refractivity contribution < 1.29 is 14.3 Å². The topological polar surface area (TPSA) is 63.7 Å². The number of aromatic nitrogens is 1. The Morgan fingerprint density at radius 1 is 1.21 bits per heavy atom. The number of piperidine rings is 1. The molecule has 1 amide bonds. The van der Waals surface area contributed by atoms with Crippen LogP contribution < -0.4 is 19.7 Å². The van der Waals surface area contributed by atoms with Crippen molar-refractivity contribution in [1.29, 1.82) is 0 Å². The van der Waals surface area contributed by atoms with Crippen LogP contribution in [0.4, 0.5) is 5.13 Å². The molecule has 0 radical (unpaired) electrons. The molecule has 24 heavy (non-hydrogen) atoms. The Hall–Kier alpha value is -2.28. The van der Waals surface area contributed by atoms with Crippen LogP contribution in [0.1, 0.15) is 23.2 Å². The molecule has 7 heteroatoms. The first-order chi connectivity index (χ1) is 11.7. The summed E-state index contributed by atoms with van der Waals surface area (Å²) in [6, 6.07) is 5.37. The molecule has 1 saturated heterocycles. The molecule has 1 N–H and O–H groups in total. The van der Waals surface area contributed by atoms with Crippen LogP contribution >= 0.6 is 11.3 Å². The van der Waals surface area contributed by atoms with Crippen molar-refractivity contribution in [3.63, 3.8) is 0 Å². The Kier molecular flexibility index (Phi) is 5.20. The zero-order valence-corrected chi connectivity index (χ0v) is 14.6. The van der Waals surface area contributed by atoms with Crippen molar-refractivity contribution in [2.75, 3.05) is 32.2 Å². The normalized spacial score (nSPS) is 15.2. The van der Waals surface area contributed by atoms with E-state index in [0.717, 1.165) is 31.1 Å². The molecule has 0 spiro atoms. The first kappa shape index (κ1) is 16.6. The fourth-order valence-electron chi connectivity index (χ4n) is 2.79. The molecule has 2 heterocycles. The van der Waals surface area contributed by atoms with Gasteiger partial charge in [-0.15, -0.1) is 11.3 Å². The van der Waals surface area contributed by atoms with Gasteiger partial charge >= 0.3 is 0 Å². The monoisotopic (exact) mass is 347 g/mol. The van der Waals surface area contributed by atoms with Crippen LogP contribution in [0.25, 0.3) is 0 Å². The average molecular weight is 347 g/mol. The van der Waals surface area contributed by atoms with Gasteiger partial charge in [0.15, 0.2) is 5.13 Å². The molecule has 0 bridgehead atoms. The van der Waals surface area contributed by atoms with Crippen LogP contribution in [0.15, 0.2) is 29.8 Å². The standard InChI is InChI=1S/C17H21N3O3S/c1-22-14-9-12(10-15(11-14)23-2)16(21)19-13-3-6-20(7-4-13)17-18-5-8-24-17/h5,8-11,13H,3-4,6-7H2,1-2H3,(H,19,21). The minimum Gasteiger partial charge on any atom is -0.497 e. The molecule has 1 aliphatic heterocycles. The van der Waals surface area contributed by atoms with Gasteiger partial charge in [0, 0.05) is 42.3 Å². The van der Waals surface area contributed by atoms with Crippen LogP contribution in [0.5, 0.6) is 11.5 Å². The Morgan fingerprint density at radius 3 is 2.42 bits per heavy atom. The number of anilines is 1. The van der Waals surface area contributed by atoms with Gasteiger partial charge in [0.1, 0.15) is 11.5 Å². The van der Waals surface area contributed by atoms with Gasteiger partial charge in [0.25, 0.3) is 5.91 Å². The number of thiazole rings is 1. The number of methoxy groups -OCH3 is 2. The maximum absolute atomic E-state index is 12.5. The van der Waals surface area contributed by atoms with Crippen LogP contribution in [0.3, 0.4) is 0 Å². The lowest BCUT2D eigenvalue weighted by molar-refractivity contribution is 0.0930. The van der Waals surface area contributed by atoms with Gasteiger partial charge in [0.2, 0.25) is 0 Å². The summed E-state index contributed by atoms with van der Waals surface area (Å²) in [5.74, 6) is 1.12. The Morgan fingerprint density at radius 2 is 1.88 bits per heavy atom. The van der Waals surface area contributed by atoms with Gasteiger partial charge in [-0.1, -0.05) is 0 Å². The predicted molar refractivity (Wildman–Crippen MR) is 94.4 cm³/mol. The van der Waals surface area contributed by atoms with E-state index < -0.39 is 0 Å². The average Bonchev–Trinajstić information content (AvgIpc) is 3.16. The van der Waals surface area contributed by atoms with Gasteiger partial charge in [-0.2, -0.15) is 0 Å². The zero-order chi connectivity index (χ0) is 16.9. The predicted octanol–water partition coefficient (Wildman–Crippen LogP) is 2.56. The highest BCUT2D eigenvalue weighted by Crippen LogP contribution is 2.24. The van der Waals surface area contributed by atoms with Crippen LogP contribution in [-0.2, 0) is 0 Å². The highest BCUT2D eigenvalue weighted by atomic mass is 32.1.